The van der Waals surface area contributed by atoms with Crippen molar-refractivity contribution in [3.63, 3.8) is 0 Å². The van der Waals surface area contributed by atoms with E-state index >= 15 is 0 Å². The molecule has 0 atom stereocenters. The highest BCUT2D eigenvalue weighted by molar-refractivity contribution is 6.21. The second kappa shape index (κ2) is 7.28. The van der Waals surface area contributed by atoms with Gasteiger partial charge in [-0.3, -0.25) is 14.4 Å². The fourth-order valence-electron chi connectivity index (χ4n) is 2.37. The van der Waals surface area contributed by atoms with Gasteiger partial charge in [0.15, 0.2) is 6.61 Å². The van der Waals surface area contributed by atoms with Crippen LogP contribution in [0.1, 0.15) is 31.1 Å². The minimum absolute atomic E-state index is 0.0707. The summed E-state index contributed by atoms with van der Waals surface area (Å²) in [5, 5.41) is 0.441. The number of rotatable bonds is 5. The van der Waals surface area contributed by atoms with E-state index in [9.17, 15) is 19.2 Å². The van der Waals surface area contributed by atoms with Crippen molar-refractivity contribution in [2.75, 3.05) is 20.7 Å². The van der Waals surface area contributed by atoms with Crippen LogP contribution in [-0.2, 0) is 9.63 Å². The molecule has 138 valence electrons. The summed E-state index contributed by atoms with van der Waals surface area (Å²) in [6.45, 7) is -0.191. The van der Waals surface area contributed by atoms with Gasteiger partial charge in [-0.25, -0.2) is 4.79 Å². The van der Waals surface area contributed by atoms with Gasteiger partial charge in [0, 0.05) is 14.1 Å². The third kappa shape index (κ3) is 3.64. The molecule has 0 aliphatic carbocycles. The Balaban J connectivity index is 1.70. The van der Waals surface area contributed by atoms with Crippen LogP contribution in [0.5, 0.6) is 5.75 Å². The molecule has 0 fully saturated rings. The van der Waals surface area contributed by atoms with Crippen LogP contribution in [0.25, 0.3) is 0 Å². The van der Waals surface area contributed by atoms with Crippen LogP contribution in [0.15, 0.2) is 48.5 Å². The topological polar surface area (TPSA) is 93.2 Å². The van der Waals surface area contributed by atoms with Crippen molar-refractivity contribution in [3.05, 3.63) is 65.2 Å². The molecule has 1 heterocycles. The van der Waals surface area contributed by atoms with E-state index in [0.29, 0.717) is 5.06 Å². The summed E-state index contributed by atoms with van der Waals surface area (Å²) >= 11 is 0. The van der Waals surface area contributed by atoms with E-state index in [-0.39, 0.29) is 35.0 Å². The average Bonchev–Trinajstić information content (AvgIpc) is 2.91. The van der Waals surface area contributed by atoms with Crippen molar-refractivity contribution in [3.8, 4) is 5.75 Å². The molecule has 0 bridgehead atoms. The normalized spacial score (nSPS) is 12.6. The molecule has 8 heteroatoms. The number of amides is 3. The molecule has 8 nitrogen and oxygen atoms in total. The number of hydrogen-bond donors (Lipinski definition) is 0. The molecule has 0 spiro atoms. The lowest BCUT2D eigenvalue weighted by atomic mass is 10.1. The molecule has 0 unspecified atom stereocenters. The quantitative estimate of drug-likeness (QED) is 0.743. The Labute approximate surface area is 154 Å². The fraction of sp³-hybridized carbons (Fsp3) is 0.158. The molecule has 0 saturated carbocycles. The summed E-state index contributed by atoms with van der Waals surface area (Å²) in [5.74, 6) is -2.26. The summed E-state index contributed by atoms with van der Waals surface area (Å²) in [7, 11) is 3.20. The Morgan fingerprint density at radius 1 is 0.963 bits per heavy atom. The van der Waals surface area contributed by atoms with Gasteiger partial charge in [0.2, 0.25) is 0 Å². The number of hydrogen-bond acceptors (Lipinski definition) is 6. The van der Waals surface area contributed by atoms with Crippen molar-refractivity contribution in [2.45, 2.75) is 0 Å². The number of carbonyl (C=O) groups is 4. The molecular formula is C19H16N2O6. The van der Waals surface area contributed by atoms with Crippen molar-refractivity contribution in [1.82, 2.24) is 9.96 Å². The highest BCUT2D eigenvalue weighted by Gasteiger charge is 2.38. The summed E-state index contributed by atoms with van der Waals surface area (Å²) in [5.41, 5.74) is 0.422. The largest absolute Gasteiger partial charge is 0.484 e. The first kappa shape index (κ1) is 18.1. The average molecular weight is 368 g/mol. The number of carbonyl (C=O) groups excluding carboxylic acids is 4. The molecule has 0 saturated heterocycles. The number of imide groups is 1. The molecule has 0 radical (unpaired) electrons. The van der Waals surface area contributed by atoms with Gasteiger partial charge in [-0.2, -0.15) is 0 Å². The fourth-order valence-corrected chi connectivity index (χ4v) is 2.37. The maximum absolute atomic E-state index is 12.3. The third-order valence-corrected chi connectivity index (χ3v) is 3.86. The minimum Gasteiger partial charge on any atom is -0.484 e. The smallest absolute Gasteiger partial charge is 0.364 e. The van der Waals surface area contributed by atoms with Gasteiger partial charge in [0.25, 0.3) is 17.7 Å². The van der Waals surface area contributed by atoms with Gasteiger partial charge >= 0.3 is 5.97 Å². The van der Waals surface area contributed by atoms with Crippen LogP contribution >= 0.6 is 0 Å². The number of likely N-dealkylation sites (N-methyl/N-ethyl adjacent to an activating group) is 1. The molecule has 0 N–H and O–H groups in total. The highest BCUT2D eigenvalue weighted by Crippen LogP contribution is 2.24. The van der Waals surface area contributed by atoms with Gasteiger partial charge in [0.1, 0.15) is 5.75 Å². The number of hydroxylamine groups is 2. The Kier molecular flexibility index (Phi) is 4.89. The van der Waals surface area contributed by atoms with Crippen LogP contribution in [0.3, 0.4) is 0 Å². The third-order valence-electron chi connectivity index (χ3n) is 3.86. The molecule has 1 aliphatic rings. The number of ether oxygens (including phenoxy) is 1. The zero-order valence-electron chi connectivity index (χ0n) is 14.7. The van der Waals surface area contributed by atoms with Gasteiger partial charge in [-0.1, -0.05) is 23.3 Å². The second-order valence-corrected chi connectivity index (χ2v) is 5.93. The highest BCUT2D eigenvalue weighted by atomic mass is 16.7. The lowest BCUT2D eigenvalue weighted by Crippen LogP contribution is -2.32. The zero-order chi connectivity index (χ0) is 19.6. The first-order valence-electron chi connectivity index (χ1n) is 8.01. The molecule has 27 heavy (non-hydrogen) atoms. The molecule has 3 rings (SSSR count). The number of fused-ring (bicyclic) bond motifs is 1. The van der Waals surface area contributed by atoms with Crippen molar-refractivity contribution < 1.29 is 28.8 Å². The molecule has 2 aromatic rings. The standard InChI is InChI=1S/C19H16N2O6/c1-20(2)16(22)11-26-13-7-5-6-12(10-13)19(25)27-21-17(23)14-8-3-4-9-15(14)18(21)24/h3-10H,11H2,1-2H3. The van der Waals surface area contributed by atoms with E-state index in [1.165, 1.54) is 35.2 Å². The molecule has 3 amide bonds. The van der Waals surface area contributed by atoms with Crippen LogP contribution in [-0.4, -0.2) is 54.4 Å². The van der Waals surface area contributed by atoms with Gasteiger partial charge in [0.05, 0.1) is 16.7 Å². The van der Waals surface area contributed by atoms with Gasteiger partial charge in [-0.05, 0) is 30.3 Å². The first-order chi connectivity index (χ1) is 12.9. The van der Waals surface area contributed by atoms with Crippen molar-refractivity contribution in [2.24, 2.45) is 0 Å². The Morgan fingerprint density at radius 3 is 2.19 bits per heavy atom. The first-order valence-corrected chi connectivity index (χ1v) is 8.01. The zero-order valence-corrected chi connectivity index (χ0v) is 14.7. The lowest BCUT2D eigenvalue weighted by molar-refractivity contribution is -0.130. The number of nitrogens with zero attached hydrogens (tertiary/aromatic N) is 2. The Hall–Kier alpha value is -3.68. The summed E-state index contributed by atoms with van der Waals surface area (Å²) < 4.78 is 5.34. The second-order valence-electron chi connectivity index (χ2n) is 5.93. The Morgan fingerprint density at radius 2 is 1.59 bits per heavy atom. The van der Waals surface area contributed by atoms with Crippen LogP contribution in [0, 0.1) is 0 Å². The van der Waals surface area contributed by atoms with E-state index < -0.39 is 17.8 Å². The maximum Gasteiger partial charge on any atom is 0.364 e. The van der Waals surface area contributed by atoms with E-state index in [1.54, 1.807) is 32.3 Å². The predicted octanol–water partition coefficient (Wildman–Crippen LogP) is 1.52. The summed E-state index contributed by atoms with van der Waals surface area (Å²) in [4.78, 5) is 54.8. The van der Waals surface area contributed by atoms with E-state index in [2.05, 4.69) is 0 Å². The Bertz CT molecular complexity index is 902. The van der Waals surface area contributed by atoms with Gasteiger partial charge < -0.3 is 14.5 Å². The van der Waals surface area contributed by atoms with E-state index in [1.807, 2.05) is 0 Å². The van der Waals surface area contributed by atoms with Gasteiger partial charge in [-0.15, -0.1) is 0 Å². The minimum atomic E-state index is -0.895. The predicted molar refractivity (Wildman–Crippen MR) is 93.0 cm³/mol. The summed E-state index contributed by atoms with van der Waals surface area (Å²) in [6, 6.07) is 12.1. The van der Waals surface area contributed by atoms with Crippen LogP contribution < -0.4 is 4.74 Å². The molecular weight excluding hydrogens is 352 g/mol. The van der Waals surface area contributed by atoms with Crippen LogP contribution in [0.2, 0.25) is 0 Å². The van der Waals surface area contributed by atoms with Crippen molar-refractivity contribution >= 4 is 23.7 Å². The lowest BCUT2D eigenvalue weighted by Gasteiger charge is -2.14. The van der Waals surface area contributed by atoms with E-state index in [0.717, 1.165) is 0 Å². The molecule has 0 aromatic heterocycles. The van der Waals surface area contributed by atoms with E-state index in [4.69, 9.17) is 9.57 Å². The summed E-state index contributed by atoms with van der Waals surface area (Å²) in [6.07, 6.45) is 0. The monoisotopic (exact) mass is 368 g/mol. The SMILES string of the molecule is CN(C)C(=O)COc1cccc(C(=O)ON2C(=O)c3ccccc3C2=O)c1. The number of benzene rings is 2. The molecule has 1 aliphatic heterocycles. The van der Waals surface area contributed by atoms with Crippen LogP contribution in [0.4, 0.5) is 0 Å². The van der Waals surface area contributed by atoms with Crippen molar-refractivity contribution in [1.29, 1.82) is 0 Å². The maximum atomic E-state index is 12.3. The molecule has 2 aromatic carbocycles.